The molecule has 1 heterocycles. The van der Waals surface area contributed by atoms with Crippen LogP contribution in [0.4, 0.5) is 4.39 Å². The Labute approximate surface area is 283 Å². The maximum Gasteiger partial charge on any atom is 0.171 e. The minimum Gasteiger partial charge on any atom is -0.309 e. The predicted molar refractivity (Wildman–Crippen MR) is 204 cm³/mol. The molecule has 1 aromatic heterocycles. The zero-order valence-corrected chi connectivity index (χ0v) is 27.3. The molecule has 0 fully saturated rings. The van der Waals surface area contributed by atoms with Gasteiger partial charge in [-0.25, -0.2) is 9.37 Å². The van der Waals surface area contributed by atoms with Gasteiger partial charge in [0.2, 0.25) is 0 Å². The lowest BCUT2D eigenvalue weighted by atomic mass is 9.91. The normalized spacial score (nSPS) is 11.9. The Morgan fingerprint density at radius 1 is 0.449 bits per heavy atom. The molecule has 0 saturated carbocycles. The first-order valence-electron chi connectivity index (χ1n) is 16.3. The van der Waals surface area contributed by atoms with E-state index in [9.17, 15) is 4.39 Å². The molecule has 4 heteroatoms. The molecule has 0 radical (unpaired) electrons. The van der Waals surface area contributed by atoms with Crippen molar-refractivity contribution in [2.24, 2.45) is 0 Å². The molecule has 0 spiro atoms. The van der Waals surface area contributed by atoms with E-state index in [0.29, 0.717) is 0 Å². The van der Waals surface area contributed by atoms with E-state index in [2.05, 4.69) is 72.8 Å². The van der Waals surface area contributed by atoms with Crippen molar-refractivity contribution >= 4 is 66.3 Å². The Hall–Kier alpha value is -5.89. The highest BCUT2D eigenvalue weighted by atomic mass is 31.2. The zero-order chi connectivity index (χ0) is 33.0. The number of fused-ring (bicyclic) bond motifs is 6. The molecule has 2 nitrogen and oxygen atoms in total. The van der Waals surface area contributed by atoms with Crippen molar-refractivity contribution in [1.82, 2.24) is 4.98 Å². The first kappa shape index (κ1) is 29.3. The van der Waals surface area contributed by atoms with Crippen LogP contribution in [0.1, 0.15) is 0 Å². The van der Waals surface area contributed by atoms with E-state index >= 15 is 4.57 Å². The minimum absolute atomic E-state index is 0.267. The molecule has 0 bridgehead atoms. The van der Waals surface area contributed by atoms with Crippen LogP contribution in [0.5, 0.6) is 0 Å². The van der Waals surface area contributed by atoms with Crippen LogP contribution in [0.25, 0.3) is 65.6 Å². The summed E-state index contributed by atoms with van der Waals surface area (Å²) < 4.78 is 28.9. The van der Waals surface area contributed by atoms with Gasteiger partial charge in [0.25, 0.3) is 0 Å². The Morgan fingerprint density at radius 3 is 1.82 bits per heavy atom. The van der Waals surface area contributed by atoms with Crippen LogP contribution in [-0.2, 0) is 4.57 Å². The summed E-state index contributed by atoms with van der Waals surface area (Å²) in [7, 11) is -3.08. The third-order valence-corrected chi connectivity index (χ3v) is 12.6. The number of para-hydroxylation sites is 1. The van der Waals surface area contributed by atoms with Gasteiger partial charge in [-0.3, -0.25) is 0 Å². The molecule has 0 saturated heterocycles. The van der Waals surface area contributed by atoms with Gasteiger partial charge in [-0.2, -0.15) is 0 Å². The van der Waals surface area contributed by atoms with Crippen molar-refractivity contribution in [3.63, 3.8) is 0 Å². The minimum atomic E-state index is -3.08. The summed E-state index contributed by atoms with van der Waals surface area (Å²) in [5, 5.41) is 10.1. The second-order valence-corrected chi connectivity index (χ2v) is 15.2. The van der Waals surface area contributed by atoms with Crippen LogP contribution in [-0.4, -0.2) is 4.98 Å². The lowest BCUT2D eigenvalue weighted by Crippen LogP contribution is -2.24. The third-order valence-electron chi connectivity index (χ3n) is 9.58. The summed E-state index contributed by atoms with van der Waals surface area (Å²) >= 11 is 0. The van der Waals surface area contributed by atoms with Crippen LogP contribution in [0.15, 0.2) is 176 Å². The van der Waals surface area contributed by atoms with Gasteiger partial charge in [0, 0.05) is 37.6 Å². The second kappa shape index (κ2) is 11.7. The smallest absolute Gasteiger partial charge is 0.171 e. The first-order chi connectivity index (χ1) is 24.1. The van der Waals surface area contributed by atoms with Crippen LogP contribution < -0.4 is 15.9 Å². The number of nitrogens with zero attached hydrogens (tertiary/aromatic N) is 1. The number of halogens is 1. The third kappa shape index (κ3) is 4.86. The molecule has 0 atom stereocenters. The molecular formula is C45H29FNOP. The summed E-state index contributed by atoms with van der Waals surface area (Å²) in [5.74, 6) is -0.267. The van der Waals surface area contributed by atoms with Gasteiger partial charge in [-0.1, -0.05) is 133 Å². The molecule has 0 N–H and O–H groups in total. The van der Waals surface area contributed by atoms with Crippen LogP contribution in [0.3, 0.4) is 0 Å². The summed E-state index contributed by atoms with van der Waals surface area (Å²) in [6.45, 7) is 0. The molecule has 0 aliphatic heterocycles. The number of rotatable bonds is 5. The number of hydrogen-bond acceptors (Lipinski definition) is 2. The quantitative estimate of drug-likeness (QED) is 0.137. The number of hydrogen-bond donors (Lipinski definition) is 0. The molecule has 0 unspecified atom stereocenters. The maximum absolute atomic E-state index is 15.0. The van der Waals surface area contributed by atoms with Crippen molar-refractivity contribution in [2.45, 2.75) is 0 Å². The van der Waals surface area contributed by atoms with Gasteiger partial charge in [0.05, 0.1) is 11.2 Å². The second-order valence-electron chi connectivity index (χ2n) is 12.4. The van der Waals surface area contributed by atoms with Crippen LogP contribution in [0.2, 0.25) is 0 Å². The average Bonchev–Trinajstić information content (AvgIpc) is 3.17. The summed E-state index contributed by atoms with van der Waals surface area (Å²) in [6.07, 6.45) is 0. The first-order valence-corrected chi connectivity index (χ1v) is 18.0. The topological polar surface area (TPSA) is 30.0 Å². The van der Waals surface area contributed by atoms with E-state index in [0.717, 1.165) is 81.5 Å². The van der Waals surface area contributed by atoms with Crippen molar-refractivity contribution in [3.8, 4) is 22.4 Å². The van der Waals surface area contributed by atoms with Crippen molar-refractivity contribution in [1.29, 1.82) is 0 Å². The van der Waals surface area contributed by atoms with E-state index in [4.69, 9.17) is 4.98 Å². The predicted octanol–water partition coefficient (Wildman–Crippen LogP) is 10.8. The van der Waals surface area contributed by atoms with Crippen molar-refractivity contribution in [3.05, 3.63) is 182 Å². The van der Waals surface area contributed by atoms with Gasteiger partial charge >= 0.3 is 0 Å². The molecule has 49 heavy (non-hydrogen) atoms. The Bertz CT molecular complexity index is 2700. The molecule has 9 aromatic rings. The summed E-state index contributed by atoms with van der Waals surface area (Å²) in [6, 6.07) is 57.9. The largest absolute Gasteiger partial charge is 0.309 e. The molecule has 9 rings (SSSR count). The van der Waals surface area contributed by atoms with Gasteiger partial charge in [0.1, 0.15) is 5.82 Å². The van der Waals surface area contributed by atoms with Crippen LogP contribution >= 0.6 is 7.14 Å². The van der Waals surface area contributed by atoms with Crippen molar-refractivity contribution < 1.29 is 8.96 Å². The molecule has 0 aliphatic carbocycles. The summed E-state index contributed by atoms with van der Waals surface area (Å²) in [4.78, 5) is 5.05. The van der Waals surface area contributed by atoms with E-state index < -0.39 is 7.14 Å². The number of benzene rings is 8. The highest BCUT2D eigenvalue weighted by Crippen LogP contribution is 2.44. The summed E-state index contributed by atoms with van der Waals surface area (Å²) in [5.41, 5.74) is 4.86. The SMILES string of the molecule is O=P(c1ccccc1)(c1ccccc1)c1ccc2cc(-c3cccc4c3ccc3c(-c5ccc(F)cc5)nc5ccccc5c34)ccc2c1. The number of pyridine rings is 1. The fourth-order valence-electron chi connectivity index (χ4n) is 7.21. The zero-order valence-electron chi connectivity index (χ0n) is 26.4. The van der Waals surface area contributed by atoms with E-state index in [1.165, 1.54) is 12.1 Å². The van der Waals surface area contributed by atoms with E-state index in [1.54, 1.807) is 12.1 Å². The average molecular weight is 650 g/mol. The number of aromatic nitrogens is 1. The lowest BCUT2D eigenvalue weighted by Gasteiger charge is -2.20. The maximum atomic E-state index is 15.0. The molecular weight excluding hydrogens is 620 g/mol. The van der Waals surface area contributed by atoms with Crippen LogP contribution in [0, 0.1) is 5.82 Å². The highest BCUT2D eigenvalue weighted by Gasteiger charge is 2.29. The van der Waals surface area contributed by atoms with E-state index in [1.807, 2.05) is 78.9 Å². The fourth-order valence-corrected chi connectivity index (χ4v) is 9.89. The fraction of sp³-hybridized carbons (Fsp3) is 0. The van der Waals surface area contributed by atoms with Gasteiger partial charge in [-0.05, 0) is 75.1 Å². The van der Waals surface area contributed by atoms with Crippen molar-refractivity contribution in [2.75, 3.05) is 0 Å². The highest BCUT2D eigenvalue weighted by molar-refractivity contribution is 7.85. The Morgan fingerprint density at radius 2 is 1.06 bits per heavy atom. The van der Waals surface area contributed by atoms with Gasteiger partial charge in [0.15, 0.2) is 7.14 Å². The molecule has 232 valence electrons. The molecule has 0 aliphatic rings. The standard InChI is InChI=1S/C45H29FNOP/c46-34-23-20-30(21-24-34)45-42-27-26-39-38(15-9-16-40(39)44(42)41-14-7-8-17-43(41)47-45)33-19-18-32-29-37(25-22-31(32)28-33)49(48,35-10-3-1-4-11-35)36-12-5-2-6-13-36/h1-29H. The molecule has 8 aromatic carbocycles. The van der Waals surface area contributed by atoms with Gasteiger partial charge < -0.3 is 4.57 Å². The monoisotopic (exact) mass is 649 g/mol. The van der Waals surface area contributed by atoms with E-state index in [-0.39, 0.29) is 5.82 Å². The van der Waals surface area contributed by atoms with Gasteiger partial charge in [-0.15, -0.1) is 0 Å². The lowest BCUT2D eigenvalue weighted by molar-refractivity contribution is 0.592. The Balaban J connectivity index is 1.21. The molecule has 0 amide bonds. The Kier molecular flexibility index (Phi) is 6.97.